The highest BCUT2D eigenvalue weighted by atomic mass is 15.1. The normalized spacial score (nSPS) is 11.5. The molecule has 3 nitrogen and oxygen atoms in total. The Morgan fingerprint density at radius 1 is 0.281 bits per heavy atom. The van der Waals surface area contributed by atoms with Gasteiger partial charge in [0.25, 0.3) is 0 Å². The minimum absolute atomic E-state index is 1.00. The second-order valence-electron chi connectivity index (χ2n) is 14.5. The monoisotopic (exact) mass is 725 g/mol. The van der Waals surface area contributed by atoms with Gasteiger partial charge in [-0.25, -0.2) is 0 Å². The average Bonchev–Trinajstić information content (AvgIpc) is 3.62. The number of nitrogens with zero attached hydrogens (tertiary/aromatic N) is 3. The Bertz CT molecular complexity index is 2980. The lowest BCUT2D eigenvalue weighted by atomic mass is 9.82. The Kier molecular flexibility index (Phi) is 7.82. The van der Waals surface area contributed by atoms with Crippen LogP contribution in [0, 0.1) is 0 Å². The summed E-state index contributed by atoms with van der Waals surface area (Å²) in [4.78, 5) is 10.9. The van der Waals surface area contributed by atoms with Gasteiger partial charge in [-0.2, -0.15) is 0 Å². The molecule has 10 aromatic rings. The fourth-order valence-electron chi connectivity index (χ4n) is 8.93. The molecule has 0 spiro atoms. The summed E-state index contributed by atoms with van der Waals surface area (Å²) < 4.78 is 0. The quantitative estimate of drug-likeness (QED) is 0.164. The van der Waals surface area contributed by atoms with Gasteiger partial charge in [0.05, 0.1) is 11.9 Å². The fourth-order valence-corrected chi connectivity index (χ4v) is 8.93. The number of anilines is 3. The van der Waals surface area contributed by atoms with Gasteiger partial charge in [0.1, 0.15) is 0 Å². The Hall–Kier alpha value is -7.62. The van der Waals surface area contributed by atoms with Crippen molar-refractivity contribution < 1.29 is 0 Å². The van der Waals surface area contributed by atoms with E-state index in [1.54, 1.807) is 0 Å². The van der Waals surface area contributed by atoms with Crippen LogP contribution in [-0.4, -0.2) is 9.97 Å². The van der Waals surface area contributed by atoms with Crippen LogP contribution in [0.2, 0.25) is 0 Å². The zero-order valence-electron chi connectivity index (χ0n) is 31.0. The lowest BCUT2D eigenvalue weighted by Gasteiger charge is -2.25. The predicted molar refractivity (Wildman–Crippen MR) is 238 cm³/mol. The third-order valence-corrected chi connectivity index (χ3v) is 11.4. The molecule has 2 heterocycles. The fraction of sp³-hybridized carbons (Fsp3) is 0. The molecule has 0 aliphatic heterocycles. The third kappa shape index (κ3) is 5.43. The highest BCUT2D eigenvalue weighted by molar-refractivity contribution is 6.28. The largest absolute Gasteiger partial charge is 0.309 e. The van der Waals surface area contributed by atoms with E-state index in [1.165, 1.54) is 77.2 Å². The van der Waals surface area contributed by atoms with Crippen LogP contribution in [0.3, 0.4) is 0 Å². The molecule has 1 aliphatic carbocycles. The van der Waals surface area contributed by atoms with Crippen LogP contribution in [0.1, 0.15) is 0 Å². The smallest absolute Gasteiger partial charge is 0.0644 e. The van der Waals surface area contributed by atoms with Crippen molar-refractivity contribution in [3.8, 4) is 66.8 Å². The summed E-state index contributed by atoms with van der Waals surface area (Å²) in [5.41, 5.74) is 18.1. The molecule has 266 valence electrons. The molecule has 3 heteroatoms. The molecule has 8 aromatic carbocycles. The number of pyridine rings is 2. The molecule has 0 saturated heterocycles. The van der Waals surface area contributed by atoms with Crippen molar-refractivity contribution in [1.82, 2.24) is 9.97 Å². The van der Waals surface area contributed by atoms with Crippen molar-refractivity contribution in [3.05, 3.63) is 213 Å². The molecular formula is C54H35N3. The number of rotatable bonds is 7. The first-order chi connectivity index (χ1) is 28.3. The molecule has 0 amide bonds. The first-order valence-electron chi connectivity index (χ1n) is 19.4. The summed E-state index contributed by atoms with van der Waals surface area (Å²) in [6, 6.07) is 68.2. The van der Waals surface area contributed by atoms with E-state index in [0.717, 1.165) is 28.2 Å². The molecule has 0 radical (unpaired) electrons. The molecule has 0 bridgehead atoms. The Labute approximate surface area is 331 Å². The van der Waals surface area contributed by atoms with Gasteiger partial charge in [-0.05, 0) is 137 Å². The van der Waals surface area contributed by atoms with Gasteiger partial charge in [-0.3, -0.25) is 9.97 Å². The highest BCUT2D eigenvalue weighted by Crippen LogP contribution is 2.58. The zero-order valence-corrected chi connectivity index (χ0v) is 31.0. The van der Waals surface area contributed by atoms with E-state index >= 15 is 0 Å². The molecule has 0 fully saturated rings. The Morgan fingerprint density at radius 2 is 0.807 bits per heavy atom. The second kappa shape index (κ2) is 13.6. The average molecular weight is 726 g/mol. The van der Waals surface area contributed by atoms with Crippen molar-refractivity contribution >= 4 is 38.6 Å². The van der Waals surface area contributed by atoms with Gasteiger partial charge in [-0.1, -0.05) is 140 Å². The van der Waals surface area contributed by atoms with Gasteiger partial charge < -0.3 is 4.90 Å². The van der Waals surface area contributed by atoms with E-state index in [1.807, 2.05) is 43.0 Å². The van der Waals surface area contributed by atoms with E-state index < -0.39 is 0 Å². The minimum Gasteiger partial charge on any atom is -0.309 e. The molecule has 0 unspecified atom stereocenters. The molecular weight excluding hydrogens is 691 g/mol. The Morgan fingerprint density at radius 3 is 1.40 bits per heavy atom. The molecule has 1 aliphatic rings. The number of aromatic nitrogens is 2. The predicted octanol–water partition coefficient (Wildman–Crippen LogP) is 14.6. The van der Waals surface area contributed by atoms with Crippen molar-refractivity contribution in [1.29, 1.82) is 0 Å². The standard InChI is InChI=1S/C54H35N3/c1-3-11-39(12-4-1)50-46-16-7-8-17-47(46)51(40-13-5-2-6-14-40)54-49-29-28-44(45-18-9-19-48(52(45)49)53(50)54)38-22-26-42(27-23-38)57(43-15-10-32-56-35-43)41-24-20-36(21-25-41)37-30-33-55-34-31-37/h1-35H. The van der Waals surface area contributed by atoms with E-state index in [2.05, 4.69) is 185 Å². The maximum atomic E-state index is 4.48. The van der Waals surface area contributed by atoms with Crippen molar-refractivity contribution in [2.45, 2.75) is 0 Å². The van der Waals surface area contributed by atoms with Crippen LogP contribution < -0.4 is 4.90 Å². The maximum Gasteiger partial charge on any atom is 0.0644 e. The molecule has 57 heavy (non-hydrogen) atoms. The molecule has 11 rings (SSSR count). The minimum atomic E-state index is 1.00. The Balaban J connectivity index is 1.07. The molecule has 2 aromatic heterocycles. The van der Waals surface area contributed by atoms with Crippen LogP contribution in [0.4, 0.5) is 17.1 Å². The van der Waals surface area contributed by atoms with Crippen LogP contribution in [0.5, 0.6) is 0 Å². The van der Waals surface area contributed by atoms with Gasteiger partial charge in [-0.15, -0.1) is 0 Å². The van der Waals surface area contributed by atoms with E-state index in [0.29, 0.717) is 0 Å². The molecule has 0 saturated carbocycles. The lowest BCUT2D eigenvalue weighted by molar-refractivity contribution is 1.23. The molecule has 0 atom stereocenters. The van der Waals surface area contributed by atoms with Crippen LogP contribution in [-0.2, 0) is 0 Å². The lowest BCUT2D eigenvalue weighted by Crippen LogP contribution is -2.10. The van der Waals surface area contributed by atoms with Crippen LogP contribution in [0.25, 0.3) is 88.3 Å². The summed E-state index contributed by atoms with van der Waals surface area (Å²) in [7, 11) is 0. The van der Waals surface area contributed by atoms with Crippen molar-refractivity contribution in [2.24, 2.45) is 0 Å². The van der Waals surface area contributed by atoms with Gasteiger partial charge in [0, 0.05) is 30.0 Å². The topological polar surface area (TPSA) is 29.0 Å². The summed E-state index contributed by atoms with van der Waals surface area (Å²) in [6.45, 7) is 0. The number of fused-ring (bicyclic) bond motifs is 4. The second-order valence-corrected chi connectivity index (χ2v) is 14.5. The van der Waals surface area contributed by atoms with Crippen LogP contribution in [0.15, 0.2) is 213 Å². The summed E-state index contributed by atoms with van der Waals surface area (Å²) in [5.74, 6) is 0. The van der Waals surface area contributed by atoms with Gasteiger partial charge >= 0.3 is 0 Å². The summed E-state index contributed by atoms with van der Waals surface area (Å²) in [6.07, 6.45) is 7.40. The number of hydrogen-bond donors (Lipinski definition) is 0. The van der Waals surface area contributed by atoms with Gasteiger partial charge in [0.2, 0.25) is 0 Å². The first-order valence-corrected chi connectivity index (χ1v) is 19.4. The van der Waals surface area contributed by atoms with E-state index in [4.69, 9.17) is 0 Å². The summed E-state index contributed by atoms with van der Waals surface area (Å²) >= 11 is 0. The van der Waals surface area contributed by atoms with Crippen molar-refractivity contribution in [3.63, 3.8) is 0 Å². The SMILES string of the molecule is c1ccc(-c2c3c(c(-c4ccccc4)c4ccccc24)-c2ccc(-c4ccc(N(c5ccc(-c6ccncc6)cc5)c5cccnc5)cc4)c4cccc-3c24)cc1. The van der Waals surface area contributed by atoms with Gasteiger partial charge in [0.15, 0.2) is 0 Å². The van der Waals surface area contributed by atoms with Crippen LogP contribution >= 0.6 is 0 Å². The molecule has 0 N–H and O–H groups in total. The first kappa shape index (κ1) is 32.8. The van der Waals surface area contributed by atoms with E-state index in [-0.39, 0.29) is 0 Å². The number of benzene rings is 8. The maximum absolute atomic E-state index is 4.48. The van der Waals surface area contributed by atoms with Crippen molar-refractivity contribution in [2.75, 3.05) is 4.90 Å². The number of hydrogen-bond acceptors (Lipinski definition) is 3. The third-order valence-electron chi connectivity index (χ3n) is 11.4. The highest BCUT2D eigenvalue weighted by Gasteiger charge is 2.31. The zero-order chi connectivity index (χ0) is 37.7. The van der Waals surface area contributed by atoms with E-state index in [9.17, 15) is 0 Å². The summed E-state index contributed by atoms with van der Waals surface area (Å²) in [5, 5.41) is 5.11.